The van der Waals surface area contributed by atoms with Gasteiger partial charge in [-0.2, -0.15) is 0 Å². The molecule has 180 valence electrons. The van der Waals surface area contributed by atoms with Gasteiger partial charge in [-0.1, -0.05) is 5.16 Å². The Morgan fingerprint density at radius 3 is 2.68 bits per heavy atom. The summed E-state index contributed by atoms with van der Waals surface area (Å²) in [5.41, 5.74) is 2.60. The van der Waals surface area contributed by atoms with Crippen LogP contribution in [-0.4, -0.2) is 63.9 Å². The van der Waals surface area contributed by atoms with Crippen molar-refractivity contribution in [2.45, 2.75) is 51.5 Å². The van der Waals surface area contributed by atoms with E-state index in [-0.39, 0.29) is 17.5 Å². The number of benzene rings is 1. The third-order valence-corrected chi connectivity index (χ3v) is 7.30. The van der Waals surface area contributed by atoms with Gasteiger partial charge in [0.2, 0.25) is 0 Å². The summed E-state index contributed by atoms with van der Waals surface area (Å²) in [5.74, 6) is 0.0638. The number of fused-ring (bicyclic) bond motifs is 2. The lowest BCUT2D eigenvalue weighted by molar-refractivity contribution is 0.0767. The number of unbranched alkanes of at least 4 members (excludes halogenated alkanes) is 1. The van der Waals surface area contributed by atoms with Gasteiger partial charge in [0.25, 0.3) is 5.91 Å². The van der Waals surface area contributed by atoms with Crippen molar-refractivity contribution < 1.29 is 18.5 Å². The molecule has 1 amide bonds. The number of amides is 1. The molecule has 0 N–H and O–H groups in total. The van der Waals surface area contributed by atoms with Gasteiger partial charge < -0.3 is 18.9 Å². The average molecular weight is 467 g/mol. The highest BCUT2D eigenvalue weighted by Crippen LogP contribution is 2.33. The van der Waals surface area contributed by atoms with Crippen molar-refractivity contribution in [2.24, 2.45) is 0 Å². The first kappa shape index (κ1) is 22.8. The largest absolute Gasteiger partial charge is 0.356 e. The number of likely N-dealkylation sites (tertiary alicyclic amines) is 1. The Hall–Kier alpha value is -3.00. The molecule has 0 aliphatic carbocycles. The van der Waals surface area contributed by atoms with Crippen LogP contribution in [0.1, 0.15) is 71.5 Å². The first-order chi connectivity index (χ1) is 16.5. The predicted molar refractivity (Wildman–Crippen MR) is 127 cm³/mol. The van der Waals surface area contributed by atoms with Gasteiger partial charge in [-0.15, -0.1) is 0 Å². The fourth-order valence-corrected chi connectivity index (χ4v) is 5.34. The molecule has 2 aliphatic heterocycles. The quantitative estimate of drug-likeness (QED) is 0.480. The molecule has 0 radical (unpaired) electrons. The molecule has 0 saturated carbocycles. The number of rotatable bonds is 7. The van der Waals surface area contributed by atoms with Crippen LogP contribution in [0.25, 0.3) is 11.0 Å². The van der Waals surface area contributed by atoms with E-state index in [1.807, 2.05) is 17.7 Å². The van der Waals surface area contributed by atoms with E-state index in [9.17, 15) is 14.0 Å². The van der Waals surface area contributed by atoms with Crippen molar-refractivity contribution in [1.82, 2.24) is 19.5 Å². The molecule has 5 rings (SSSR count). The number of hydrogen-bond donors (Lipinski definition) is 0. The Morgan fingerprint density at radius 2 is 1.88 bits per heavy atom. The second-order valence-electron chi connectivity index (χ2n) is 9.36. The van der Waals surface area contributed by atoms with E-state index in [2.05, 4.69) is 10.1 Å². The van der Waals surface area contributed by atoms with E-state index in [1.54, 1.807) is 17.0 Å². The molecule has 0 bridgehead atoms. The smallest absolute Gasteiger partial charge is 0.256 e. The number of carbonyl (C=O) groups excluding carboxylic acids is 2. The molecule has 7 nitrogen and oxygen atoms in total. The van der Waals surface area contributed by atoms with Crippen LogP contribution in [0.4, 0.5) is 4.39 Å². The van der Waals surface area contributed by atoms with Crippen LogP contribution in [0.5, 0.6) is 0 Å². The summed E-state index contributed by atoms with van der Waals surface area (Å²) in [5, 5.41) is 5.15. The van der Waals surface area contributed by atoms with Crippen LogP contribution in [0.3, 0.4) is 0 Å². The Balaban J connectivity index is 1.11. The van der Waals surface area contributed by atoms with Crippen LogP contribution in [-0.2, 0) is 6.54 Å². The summed E-state index contributed by atoms with van der Waals surface area (Å²) in [6, 6.07) is 6.43. The van der Waals surface area contributed by atoms with Crippen molar-refractivity contribution >= 4 is 22.7 Å². The molecular formula is C26H31FN4O3. The lowest BCUT2D eigenvalue weighted by Gasteiger charge is -2.31. The van der Waals surface area contributed by atoms with E-state index in [0.717, 1.165) is 62.9 Å². The van der Waals surface area contributed by atoms with Crippen LogP contribution >= 0.6 is 0 Å². The lowest BCUT2D eigenvalue weighted by atomic mass is 9.91. The molecule has 1 aromatic carbocycles. The molecule has 2 aromatic heterocycles. The fraction of sp³-hybridized carbons (Fsp3) is 0.500. The van der Waals surface area contributed by atoms with Crippen molar-refractivity contribution in [3.63, 3.8) is 0 Å². The molecule has 2 aliphatic rings. The minimum atomic E-state index is -0.306. The minimum absolute atomic E-state index is 0.0324. The number of hydrogen-bond acceptors (Lipinski definition) is 5. The maximum atomic E-state index is 13.4. The zero-order valence-corrected chi connectivity index (χ0v) is 19.6. The van der Waals surface area contributed by atoms with Gasteiger partial charge in [0.1, 0.15) is 5.82 Å². The summed E-state index contributed by atoms with van der Waals surface area (Å²) in [6.45, 7) is 6.83. The van der Waals surface area contributed by atoms with Gasteiger partial charge in [0.15, 0.2) is 11.4 Å². The van der Waals surface area contributed by atoms with Gasteiger partial charge in [0, 0.05) is 49.6 Å². The molecule has 34 heavy (non-hydrogen) atoms. The second kappa shape index (κ2) is 9.70. The summed E-state index contributed by atoms with van der Waals surface area (Å²) >= 11 is 0. The van der Waals surface area contributed by atoms with E-state index >= 15 is 0 Å². The Kier molecular flexibility index (Phi) is 6.50. The summed E-state index contributed by atoms with van der Waals surface area (Å²) in [7, 11) is 0. The maximum absolute atomic E-state index is 13.4. The van der Waals surface area contributed by atoms with Gasteiger partial charge in [0.05, 0.1) is 17.0 Å². The molecule has 0 unspecified atom stereocenters. The van der Waals surface area contributed by atoms with Crippen LogP contribution in [0.2, 0.25) is 0 Å². The van der Waals surface area contributed by atoms with Gasteiger partial charge in [-0.05, 0) is 70.4 Å². The third-order valence-electron chi connectivity index (χ3n) is 7.30. The van der Waals surface area contributed by atoms with E-state index in [1.165, 1.54) is 12.1 Å². The normalized spacial score (nSPS) is 18.0. The highest BCUT2D eigenvalue weighted by Gasteiger charge is 2.29. The van der Waals surface area contributed by atoms with Gasteiger partial charge >= 0.3 is 0 Å². The summed E-state index contributed by atoms with van der Waals surface area (Å²) in [4.78, 5) is 29.6. The second-order valence-corrected chi connectivity index (χ2v) is 9.36. The number of halogens is 1. The van der Waals surface area contributed by atoms with E-state index in [0.29, 0.717) is 42.3 Å². The molecule has 0 atom stereocenters. The summed E-state index contributed by atoms with van der Waals surface area (Å²) in [6.07, 6.45) is 6.29. The zero-order valence-electron chi connectivity index (χ0n) is 19.6. The van der Waals surface area contributed by atoms with Crippen LogP contribution in [0, 0.1) is 5.82 Å². The number of aromatic nitrogens is 2. The maximum Gasteiger partial charge on any atom is 0.256 e. The molecule has 4 heterocycles. The standard InChI is InChI=1S/C26H31FN4O3/c1-2-30-16-10-22(32)25-21(26(30)33)9-15-31(25)12-4-3-11-29-13-7-18(8-14-29)24-20-6-5-19(27)17-23(20)34-28-24/h5-6,9,15,17-18H,2-4,7-8,10-14,16H2,1H3. The topological polar surface area (TPSA) is 71.6 Å². The molecule has 3 aromatic rings. The number of Topliss-reactive ketones (excluding diaryl/α,β-unsaturated/α-hetero) is 1. The van der Waals surface area contributed by atoms with Gasteiger partial charge in [-0.3, -0.25) is 9.59 Å². The zero-order chi connectivity index (χ0) is 23.7. The minimum Gasteiger partial charge on any atom is -0.356 e. The Morgan fingerprint density at radius 1 is 1.09 bits per heavy atom. The molecule has 8 heteroatoms. The van der Waals surface area contributed by atoms with E-state index in [4.69, 9.17) is 4.52 Å². The first-order valence-corrected chi connectivity index (χ1v) is 12.3. The Labute approximate surface area is 198 Å². The highest BCUT2D eigenvalue weighted by molar-refractivity contribution is 6.08. The predicted octanol–water partition coefficient (Wildman–Crippen LogP) is 4.48. The lowest BCUT2D eigenvalue weighted by Crippen LogP contribution is -2.33. The monoisotopic (exact) mass is 466 g/mol. The van der Waals surface area contributed by atoms with Crippen LogP contribution < -0.4 is 0 Å². The fourth-order valence-electron chi connectivity index (χ4n) is 5.34. The molecule has 1 saturated heterocycles. The highest BCUT2D eigenvalue weighted by atomic mass is 19.1. The average Bonchev–Trinajstić information content (AvgIpc) is 3.43. The first-order valence-electron chi connectivity index (χ1n) is 12.3. The number of nitrogens with zero attached hydrogens (tertiary/aromatic N) is 4. The Bertz CT molecular complexity index is 1190. The van der Waals surface area contributed by atoms with Crippen molar-refractivity contribution in [1.29, 1.82) is 0 Å². The molecule has 0 spiro atoms. The number of carbonyl (C=O) groups is 2. The van der Waals surface area contributed by atoms with Crippen LogP contribution in [0.15, 0.2) is 35.0 Å². The number of aryl methyl sites for hydroxylation is 1. The SMILES string of the molecule is CCN1CCC(=O)c2c(ccn2CCCCN2CCC(c3noc4cc(F)ccc34)CC2)C1=O. The number of piperidine rings is 1. The summed E-state index contributed by atoms with van der Waals surface area (Å²) < 4.78 is 20.7. The molecular weight excluding hydrogens is 435 g/mol. The van der Waals surface area contributed by atoms with Crippen molar-refractivity contribution in [3.05, 3.63) is 53.2 Å². The van der Waals surface area contributed by atoms with Crippen molar-refractivity contribution in [2.75, 3.05) is 32.7 Å². The van der Waals surface area contributed by atoms with Gasteiger partial charge in [-0.25, -0.2) is 4.39 Å². The van der Waals surface area contributed by atoms with E-state index < -0.39 is 0 Å². The molecule has 1 fully saturated rings. The number of ketones is 1. The third kappa shape index (κ3) is 4.39. The van der Waals surface area contributed by atoms with Crippen molar-refractivity contribution in [3.8, 4) is 0 Å².